The van der Waals surface area contributed by atoms with Crippen molar-refractivity contribution in [1.82, 2.24) is 20.2 Å². The minimum absolute atomic E-state index is 0.195. The Bertz CT molecular complexity index is 682. The molecule has 0 bridgehead atoms. The fraction of sp³-hybridized carbons (Fsp3) is 0.214. The number of carboxylic acid groups (broad SMARTS) is 1. The van der Waals surface area contributed by atoms with Crippen molar-refractivity contribution < 1.29 is 14.7 Å². The number of fused-ring (bicyclic) bond motifs is 1. The van der Waals surface area contributed by atoms with Gasteiger partial charge in [0.25, 0.3) is 0 Å². The third kappa shape index (κ3) is 2.71. The van der Waals surface area contributed by atoms with Crippen molar-refractivity contribution in [3.63, 3.8) is 0 Å². The molecule has 21 heavy (non-hydrogen) atoms. The van der Waals surface area contributed by atoms with Crippen LogP contribution < -0.4 is 5.32 Å². The summed E-state index contributed by atoms with van der Waals surface area (Å²) in [6, 6.07) is 4.75. The van der Waals surface area contributed by atoms with Gasteiger partial charge in [-0.25, -0.2) is 14.6 Å². The average molecular weight is 286 g/mol. The van der Waals surface area contributed by atoms with Crippen LogP contribution in [-0.4, -0.2) is 32.0 Å². The lowest BCUT2D eigenvalue weighted by Crippen LogP contribution is -2.36. The summed E-state index contributed by atoms with van der Waals surface area (Å²) in [4.78, 5) is 31.6. The predicted octanol–water partition coefficient (Wildman–Crippen LogP) is 1.33. The quantitative estimate of drug-likeness (QED) is 0.792. The summed E-state index contributed by atoms with van der Waals surface area (Å²) in [6.45, 7) is 1.23. The Balaban J connectivity index is 1.64. The summed E-state index contributed by atoms with van der Waals surface area (Å²) in [5.41, 5.74) is 2.10. The van der Waals surface area contributed by atoms with Crippen LogP contribution in [0.25, 0.3) is 0 Å². The number of benzene rings is 1. The van der Waals surface area contributed by atoms with E-state index in [1.54, 1.807) is 35.5 Å². The number of hydrogen-bond acceptors (Lipinski definition) is 3. The lowest BCUT2D eigenvalue weighted by atomic mass is 10.1. The summed E-state index contributed by atoms with van der Waals surface area (Å²) in [5, 5.41) is 11.8. The van der Waals surface area contributed by atoms with Gasteiger partial charge in [-0.15, -0.1) is 0 Å². The Labute approximate surface area is 120 Å². The molecule has 0 spiro atoms. The number of aromatic carboxylic acids is 1. The van der Waals surface area contributed by atoms with E-state index in [2.05, 4.69) is 15.3 Å². The molecule has 108 valence electrons. The first-order valence-corrected chi connectivity index (χ1v) is 6.49. The van der Waals surface area contributed by atoms with Gasteiger partial charge in [0.1, 0.15) is 5.82 Å². The Morgan fingerprint density at radius 1 is 1.33 bits per heavy atom. The van der Waals surface area contributed by atoms with Crippen molar-refractivity contribution in [3.05, 3.63) is 53.1 Å². The molecule has 0 aliphatic carbocycles. The van der Waals surface area contributed by atoms with Crippen molar-refractivity contribution in [1.29, 1.82) is 0 Å². The van der Waals surface area contributed by atoms with Gasteiger partial charge < -0.3 is 20.3 Å². The maximum Gasteiger partial charge on any atom is 0.335 e. The van der Waals surface area contributed by atoms with Crippen LogP contribution in [0.2, 0.25) is 0 Å². The molecule has 1 aromatic carbocycles. The SMILES string of the molecule is O=C(O)c1ccc2c(c1)CN(C(=O)NCc1ncc[nH]1)C2. The van der Waals surface area contributed by atoms with Crippen LogP contribution in [0.4, 0.5) is 4.79 Å². The summed E-state index contributed by atoms with van der Waals surface area (Å²) >= 11 is 0. The van der Waals surface area contributed by atoms with Crippen molar-refractivity contribution in [3.8, 4) is 0 Å². The third-order valence-corrected chi connectivity index (χ3v) is 3.42. The number of rotatable bonds is 3. The van der Waals surface area contributed by atoms with Gasteiger partial charge in [-0.1, -0.05) is 6.07 Å². The molecule has 1 aliphatic heterocycles. The number of amides is 2. The van der Waals surface area contributed by atoms with Gasteiger partial charge in [0, 0.05) is 25.5 Å². The van der Waals surface area contributed by atoms with Gasteiger partial charge >= 0.3 is 12.0 Å². The number of carbonyl (C=O) groups excluding carboxylic acids is 1. The monoisotopic (exact) mass is 286 g/mol. The van der Waals surface area contributed by atoms with E-state index >= 15 is 0 Å². The molecule has 0 saturated carbocycles. The number of carboxylic acids is 1. The summed E-state index contributed by atoms with van der Waals surface area (Å²) in [6.07, 6.45) is 3.32. The smallest absolute Gasteiger partial charge is 0.335 e. The number of urea groups is 1. The molecule has 7 nitrogen and oxygen atoms in total. The summed E-state index contributed by atoms with van der Waals surface area (Å²) < 4.78 is 0. The second-order valence-corrected chi connectivity index (χ2v) is 4.84. The topological polar surface area (TPSA) is 98.3 Å². The van der Waals surface area contributed by atoms with Crippen LogP contribution in [-0.2, 0) is 19.6 Å². The normalized spacial score (nSPS) is 13.0. The lowest BCUT2D eigenvalue weighted by molar-refractivity contribution is 0.0696. The van der Waals surface area contributed by atoms with Crippen LogP contribution in [0.15, 0.2) is 30.6 Å². The molecule has 0 saturated heterocycles. The number of H-pyrrole nitrogens is 1. The fourth-order valence-corrected chi connectivity index (χ4v) is 2.34. The molecule has 7 heteroatoms. The number of imidazole rings is 1. The van der Waals surface area contributed by atoms with E-state index in [1.165, 1.54) is 0 Å². The molecule has 1 aliphatic rings. The highest BCUT2D eigenvalue weighted by atomic mass is 16.4. The van der Waals surface area contributed by atoms with Gasteiger partial charge in [-0.3, -0.25) is 0 Å². The minimum Gasteiger partial charge on any atom is -0.478 e. The maximum absolute atomic E-state index is 12.1. The van der Waals surface area contributed by atoms with Gasteiger partial charge in [0.05, 0.1) is 12.1 Å². The van der Waals surface area contributed by atoms with Crippen LogP contribution >= 0.6 is 0 Å². The third-order valence-electron chi connectivity index (χ3n) is 3.42. The predicted molar refractivity (Wildman–Crippen MR) is 73.5 cm³/mol. The van der Waals surface area contributed by atoms with E-state index in [0.29, 0.717) is 25.5 Å². The molecule has 1 aromatic heterocycles. The zero-order valence-corrected chi connectivity index (χ0v) is 11.2. The lowest BCUT2D eigenvalue weighted by Gasteiger charge is -2.15. The van der Waals surface area contributed by atoms with Crippen LogP contribution in [0.1, 0.15) is 27.3 Å². The average Bonchev–Trinajstić information content (AvgIpc) is 3.12. The van der Waals surface area contributed by atoms with Crippen molar-refractivity contribution >= 4 is 12.0 Å². The van der Waals surface area contributed by atoms with E-state index in [9.17, 15) is 9.59 Å². The second-order valence-electron chi connectivity index (χ2n) is 4.84. The van der Waals surface area contributed by atoms with Crippen LogP contribution in [0, 0.1) is 0 Å². The van der Waals surface area contributed by atoms with Gasteiger partial charge in [0.2, 0.25) is 0 Å². The highest BCUT2D eigenvalue weighted by molar-refractivity contribution is 5.88. The van der Waals surface area contributed by atoms with Crippen molar-refractivity contribution in [2.45, 2.75) is 19.6 Å². The molecule has 3 rings (SSSR count). The van der Waals surface area contributed by atoms with Crippen LogP contribution in [0.5, 0.6) is 0 Å². The summed E-state index contributed by atoms with van der Waals surface area (Å²) in [7, 11) is 0. The van der Waals surface area contributed by atoms with Crippen molar-refractivity contribution in [2.75, 3.05) is 0 Å². The number of nitrogens with zero attached hydrogens (tertiary/aromatic N) is 2. The molecule has 2 aromatic rings. The van der Waals surface area contributed by atoms with E-state index in [1.807, 2.05) is 0 Å². The molecule has 0 fully saturated rings. The van der Waals surface area contributed by atoms with E-state index in [-0.39, 0.29) is 11.6 Å². The number of hydrogen-bond donors (Lipinski definition) is 3. The van der Waals surface area contributed by atoms with E-state index in [4.69, 9.17) is 5.11 Å². The zero-order chi connectivity index (χ0) is 14.8. The highest BCUT2D eigenvalue weighted by Crippen LogP contribution is 2.23. The second kappa shape index (κ2) is 5.28. The van der Waals surface area contributed by atoms with Crippen LogP contribution in [0.3, 0.4) is 0 Å². The van der Waals surface area contributed by atoms with Crippen molar-refractivity contribution in [2.24, 2.45) is 0 Å². The standard InChI is InChI=1S/C14H14N4O3/c19-13(20)9-1-2-10-7-18(8-11(10)5-9)14(21)17-6-12-15-3-4-16-12/h1-5H,6-8H2,(H,15,16)(H,17,21)(H,19,20). The van der Waals surface area contributed by atoms with E-state index < -0.39 is 5.97 Å². The summed E-state index contributed by atoms with van der Waals surface area (Å²) in [5.74, 6) is -0.272. The minimum atomic E-state index is -0.960. The van der Waals surface area contributed by atoms with Gasteiger partial charge in [0.15, 0.2) is 0 Å². The van der Waals surface area contributed by atoms with Gasteiger partial charge in [-0.05, 0) is 23.3 Å². The first-order valence-electron chi connectivity index (χ1n) is 6.49. The Hall–Kier alpha value is -2.83. The molecular weight excluding hydrogens is 272 g/mol. The zero-order valence-electron chi connectivity index (χ0n) is 11.2. The molecule has 0 unspecified atom stereocenters. The number of aromatic amines is 1. The number of nitrogens with one attached hydrogen (secondary N) is 2. The van der Waals surface area contributed by atoms with E-state index in [0.717, 1.165) is 11.1 Å². The number of aromatic nitrogens is 2. The Morgan fingerprint density at radius 3 is 2.86 bits per heavy atom. The molecule has 0 radical (unpaired) electrons. The first kappa shape index (κ1) is 13.2. The largest absolute Gasteiger partial charge is 0.478 e. The highest BCUT2D eigenvalue weighted by Gasteiger charge is 2.24. The fourth-order valence-electron chi connectivity index (χ4n) is 2.34. The van der Waals surface area contributed by atoms with Gasteiger partial charge in [-0.2, -0.15) is 0 Å². The molecule has 2 heterocycles. The number of carbonyl (C=O) groups is 2. The Morgan fingerprint density at radius 2 is 2.14 bits per heavy atom. The first-order chi connectivity index (χ1) is 10.1. The Kier molecular flexibility index (Phi) is 3.31. The molecule has 2 amide bonds. The maximum atomic E-state index is 12.1. The molecule has 3 N–H and O–H groups in total. The molecular formula is C14H14N4O3. The molecule has 0 atom stereocenters.